The van der Waals surface area contributed by atoms with Gasteiger partial charge < -0.3 is 14.9 Å². The van der Waals surface area contributed by atoms with Crippen molar-refractivity contribution in [3.05, 3.63) is 43.8 Å². The molecule has 0 saturated carbocycles. The second-order valence-electron chi connectivity index (χ2n) is 4.06. The molecule has 2 aromatic rings. The molecule has 0 aromatic heterocycles. The lowest BCUT2D eigenvalue weighted by atomic mass is 10.2. The van der Waals surface area contributed by atoms with Gasteiger partial charge >= 0.3 is 0 Å². The van der Waals surface area contributed by atoms with Crippen molar-refractivity contribution in [2.45, 2.75) is 0 Å². The van der Waals surface area contributed by atoms with Gasteiger partial charge in [-0.05, 0) is 50.1 Å². The summed E-state index contributed by atoms with van der Waals surface area (Å²) in [6, 6.07) is 6.14. The summed E-state index contributed by atoms with van der Waals surface area (Å²) in [5, 5.41) is 19.9. The normalized spacial score (nSPS) is 11.0. The van der Waals surface area contributed by atoms with Crippen molar-refractivity contribution in [3.8, 4) is 17.2 Å². The van der Waals surface area contributed by atoms with E-state index in [0.29, 0.717) is 25.2 Å². The van der Waals surface area contributed by atoms with Crippen LogP contribution < -0.4 is 4.74 Å². The number of hydrogen-bond donors (Lipinski definition) is 2. The molecule has 2 aromatic carbocycles. The fourth-order valence-corrected chi connectivity index (χ4v) is 3.24. The highest BCUT2D eigenvalue weighted by Crippen LogP contribution is 2.38. The lowest BCUT2D eigenvalue weighted by Gasteiger charge is -2.07. The molecular weight excluding hydrogens is 425 g/mol. The minimum Gasteiger partial charge on any atom is -0.508 e. The number of ether oxygens (including phenoxy) is 1. The SMILES string of the molecule is COc1cc(Cl)cc(C=Nc2c(Br)cc(O)cc2Br)c1O. The van der Waals surface area contributed by atoms with Crippen LogP contribution >= 0.6 is 43.5 Å². The van der Waals surface area contributed by atoms with Crippen LogP contribution in [0.3, 0.4) is 0 Å². The maximum Gasteiger partial charge on any atom is 0.166 e. The predicted octanol–water partition coefficient (Wildman–Crippen LogP) is 5.04. The number of rotatable bonds is 3. The number of hydrogen-bond acceptors (Lipinski definition) is 4. The summed E-state index contributed by atoms with van der Waals surface area (Å²) in [5.41, 5.74) is 0.998. The van der Waals surface area contributed by atoms with E-state index in [0.717, 1.165) is 0 Å². The number of phenols is 2. The average molecular weight is 435 g/mol. The molecule has 0 bridgehead atoms. The molecule has 0 atom stereocenters. The Bertz CT molecular complexity index is 697. The number of benzene rings is 2. The fraction of sp³-hybridized carbons (Fsp3) is 0.0714. The molecule has 0 unspecified atom stereocenters. The van der Waals surface area contributed by atoms with Crippen LogP contribution in [0.2, 0.25) is 5.02 Å². The highest BCUT2D eigenvalue weighted by atomic mass is 79.9. The van der Waals surface area contributed by atoms with Gasteiger partial charge in [0.05, 0.1) is 12.8 Å². The van der Waals surface area contributed by atoms with E-state index in [1.54, 1.807) is 6.07 Å². The first-order valence-electron chi connectivity index (χ1n) is 5.71. The molecule has 0 radical (unpaired) electrons. The van der Waals surface area contributed by atoms with Gasteiger partial charge in [-0.25, -0.2) is 0 Å². The van der Waals surface area contributed by atoms with Gasteiger partial charge in [0, 0.05) is 31.8 Å². The van der Waals surface area contributed by atoms with Gasteiger partial charge in [0.2, 0.25) is 0 Å². The van der Waals surface area contributed by atoms with Crippen LogP contribution in [0.15, 0.2) is 38.2 Å². The molecule has 110 valence electrons. The average Bonchev–Trinajstić information content (AvgIpc) is 2.40. The second-order valence-corrected chi connectivity index (χ2v) is 6.21. The maximum atomic E-state index is 10.0. The van der Waals surface area contributed by atoms with Gasteiger partial charge in [0.15, 0.2) is 11.5 Å². The molecule has 2 N–H and O–H groups in total. The Morgan fingerprint density at radius 1 is 1.14 bits per heavy atom. The molecule has 4 nitrogen and oxygen atoms in total. The van der Waals surface area contributed by atoms with Crippen molar-refractivity contribution in [1.29, 1.82) is 0 Å². The topological polar surface area (TPSA) is 62.0 Å². The van der Waals surface area contributed by atoms with Crippen molar-refractivity contribution in [1.82, 2.24) is 0 Å². The fourth-order valence-electron chi connectivity index (χ4n) is 1.66. The van der Waals surface area contributed by atoms with E-state index in [2.05, 4.69) is 36.9 Å². The first-order valence-corrected chi connectivity index (χ1v) is 7.67. The Balaban J connectivity index is 2.45. The summed E-state index contributed by atoms with van der Waals surface area (Å²) in [5.74, 6) is 0.337. The molecule has 0 aliphatic heterocycles. The summed E-state index contributed by atoms with van der Waals surface area (Å²) >= 11 is 12.6. The Morgan fingerprint density at radius 3 is 2.33 bits per heavy atom. The van der Waals surface area contributed by atoms with Crippen molar-refractivity contribution < 1.29 is 14.9 Å². The molecule has 0 aliphatic rings. The largest absolute Gasteiger partial charge is 0.508 e. The molecule has 0 amide bonds. The van der Waals surface area contributed by atoms with Crippen LogP contribution in [0.25, 0.3) is 0 Å². The number of aromatic hydroxyl groups is 2. The number of aliphatic imine (C=N–C) groups is 1. The number of methoxy groups -OCH3 is 1. The molecule has 0 saturated heterocycles. The zero-order chi connectivity index (χ0) is 15.6. The van der Waals surface area contributed by atoms with Gasteiger partial charge in [-0.3, -0.25) is 4.99 Å². The van der Waals surface area contributed by atoms with Crippen molar-refractivity contribution in [2.75, 3.05) is 7.11 Å². The summed E-state index contributed by atoms with van der Waals surface area (Å²) in [6.07, 6.45) is 1.46. The Hall–Kier alpha value is -1.24. The van der Waals surface area contributed by atoms with Crippen molar-refractivity contribution >= 4 is 55.4 Å². The number of nitrogens with zero attached hydrogens (tertiary/aromatic N) is 1. The van der Waals surface area contributed by atoms with E-state index < -0.39 is 0 Å². The number of phenolic OH excluding ortho intramolecular Hbond substituents is 2. The molecule has 0 spiro atoms. The Morgan fingerprint density at radius 2 is 1.76 bits per heavy atom. The van der Waals surface area contributed by atoms with Crippen LogP contribution in [0, 0.1) is 0 Å². The van der Waals surface area contributed by atoms with Gasteiger partial charge in [0.1, 0.15) is 5.75 Å². The molecule has 2 rings (SSSR count). The predicted molar refractivity (Wildman–Crippen MR) is 90.4 cm³/mol. The molecule has 0 heterocycles. The molecule has 0 fully saturated rings. The van der Waals surface area contributed by atoms with Crippen LogP contribution in [-0.4, -0.2) is 23.5 Å². The van der Waals surface area contributed by atoms with E-state index >= 15 is 0 Å². The third kappa shape index (κ3) is 3.70. The lowest BCUT2D eigenvalue weighted by Crippen LogP contribution is -1.89. The molecular formula is C14H10Br2ClNO3. The first-order chi connectivity index (χ1) is 9.92. The first kappa shape index (κ1) is 16.1. The van der Waals surface area contributed by atoms with Gasteiger partial charge in [-0.15, -0.1) is 0 Å². The molecule has 7 heteroatoms. The summed E-state index contributed by atoms with van der Waals surface area (Å²) in [7, 11) is 1.44. The monoisotopic (exact) mass is 433 g/mol. The van der Waals surface area contributed by atoms with Crippen molar-refractivity contribution in [2.24, 2.45) is 4.99 Å². The quantitative estimate of drug-likeness (QED) is 0.665. The third-order valence-corrected chi connectivity index (χ3v) is 4.05. The highest BCUT2D eigenvalue weighted by Gasteiger charge is 2.10. The Kier molecular flexibility index (Phi) is 5.13. The minimum atomic E-state index is -0.0447. The summed E-state index contributed by atoms with van der Waals surface area (Å²) in [6.45, 7) is 0. The zero-order valence-electron chi connectivity index (χ0n) is 10.8. The van der Waals surface area contributed by atoms with Gasteiger partial charge in [-0.2, -0.15) is 0 Å². The van der Waals surface area contributed by atoms with E-state index in [9.17, 15) is 10.2 Å². The minimum absolute atomic E-state index is 0.0447. The maximum absolute atomic E-state index is 10.0. The summed E-state index contributed by atoms with van der Waals surface area (Å²) < 4.78 is 6.25. The van der Waals surface area contributed by atoms with E-state index in [-0.39, 0.29) is 17.2 Å². The van der Waals surface area contributed by atoms with Crippen LogP contribution in [0.4, 0.5) is 5.69 Å². The van der Waals surface area contributed by atoms with Crippen molar-refractivity contribution in [3.63, 3.8) is 0 Å². The lowest BCUT2D eigenvalue weighted by molar-refractivity contribution is 0.373. The summed E-state index contributed by atoms with van der Waals surface area (Å²) in [4.78, 5) is 4.29. The second kappa shape index (κ2) is 6.68. The zero-order valence-corrected chi connectivity index (χ0v) is 14.7. The highest BCUT2D eigenvalue weighted by molar-refractivity contribution is 9.11. The van der Waals surface area contributed by atoms with Gasteiger partial charge in [0.25, 0.3) is 0 Å². The third-order valence-electron chi connectivity index (χ3n) is 2.62. The van der Waals surface area contributed by atoms with Crippen LogP contribution in [-0.2, 0) is 0 Å². The molecule has 0 aliphatic carbocycles. The van der Waals surface area contributed by atoms with Crippen LogP contribution in [0.1, 0.15) is 5.56 Å². The van der Waals surface area contributed by atoms with E-state index in [1.807, 2.05) is 0 Å². The van der Waals surface area contributed by atoms with Gasteiger partial charge in [-0.1, -0.05) is 11.6 Å². The molecule has 21 heavy (non-hydrogen) atoms. The number of halogens is 3. The van der Waals surface area contributed by atoms with E-state index in [1.165, 1.54) is 31.5 Å². The van der Waals surface area contributed by atoms with Crippen LogP contribution in [0.5, 0.6) is 17.2 Å². The standard InChI is InChI=1S/C14H10Br2ClNO3/c1-21-12-3-8(17)2-7(14(12)20)6-18-13-10(15)4-9(19)5-11(13)16/h2-6,19-20H,1H3. The Labute approximate surface area is 143 Å². The van der Waals surface area contributed by atoms with E-state index in [4.69, 9.17) is 16.3 Å². The smallest absolute Gasteiger partial charge is 0.166 e.